The van der Waals surface area contributed by atoms with E-state index in [2.05, 4.69) is 0 Å². The molecule has 0 saturated carbocycles. The number of rotatable bonds is 5. The Morgan fingerprint density at radius 1 is 1.10 bits per heavy atom. The minimum atomic E-state index is -0.851. The quantitative estimate of drug-likeness (QED) is 0.906. The monoisotopic (exact) mass is 303 g/mol. The second kappa shape index (κ2) is 6.64. The molecule has 110 valence electrons. The first-order chi connectivity index (χ1) is 9.97. The standard InChI is InChI=1S/C17H18ClNO2/c1-12-4-3-5-13(2)16(12)10-19(11-17(20)21)15-8-6-14(18)7-9-15/h3-9H,10-11H2,1-2H3,(H,20,21). The van der Waals surface area contributed by atoms with Crippen LogP contribution in [-0.2, 0) is 11.3 Å². The van der Waals surface area contributed by atoms with Crippen LogP contribution in [0.2, 0.25) is 5.02 Å². The summed E-state index contributed by atoms with van der Waals surface area (Å²) < 4.78 is 0. The molecule has 0 fully saturated rings. The lowest BCUT2D eigenvalue weighted by Gasteiger charge is -2.25. The molecule has 0 unspecified atom stereocenters. The fraction of sp³-hybridized carbons (Fsp3) is 0.235. The van der Waals surface area contributed by atoms with Crippen molar-refractivity contribution >= 4 is 23.3 Å². The Morgan fingerprint density at radius 3 is 2.19 bits per heavy atom. The van der Waals surface area contributed by atoms with Crippen LogP contribution in [0.4, 0.5) is 5.69 Å². The van der Waals surface area contributed by atoms with Crippen LogP contribution in [-0.4, -0.2) is 17.6 Å². The van der Waals surface area contributed by atoms with E-state index in [4.69, 9.17) is 16.7 Å². The molecule has 4 heteroatoms. The molecule has 0 radical (unpaired) electrons. The second-order valence-electron chi connectivity index (χ2n) is 5.10. The molecule has 0 saturated heterocycles. The summed E-state index contributed by atoms with van der Waals surface area (Å²) in [6.45, 7) is 4.61. The molecule has 2 rings (SSSR count). The highest BCUT2D eigenvalue weighted by molar-refractivity contribution is 6.30. The van der Waals surface area contributed by atoms with Gasteiger partial charge in [0.1, 0.15) is 6.54 Å². The fourth-order valence-corrected chi connectivity index (χ4v) is 2.47. The highest BCUT2D eigenvalue weighted by Crippen LogP contribution is 2.22. The molecule has 1 N–H and O–H groups in total. The molecule has 2 aromatic rings. The highest BCUT2D eigenvalue weighted by Gasteiger charge is 2.14. The number of carboxylic acid groups (broad SMARTS) is 1. The van der Waals surface area contributed by atoms with Gasteiger partial charge in [-0.25, -0.2) is 0 Å². The maximum Gasteiger partial charge on any atom is 0.323 e. The predicted octanol–water partition coefficient (Wildman–Crippen LogP) is 4.05. The van der Waals surface area contributed by atoms with Crippen LogP contribution in [0.25, 0.3) is 0 Å². The molecule has 3 nitrogen and oxygen atoms in total. The van der Waals surface area contributed by atoms with E-state index in [0.29, 0.717) is 11.6 Å². The summed E-state index contributed by atoms with van der Waals surface area (Å²) in [4.78, 5) is 13.0. The minimum absolute atomic E-state index is 0.0462. The van der Waals surface area contributed by atoms with Crippen molar-refractivity contribution in [2.75, 3.05) is 11.4 Å². The van der Waals surface area contributed by atoms with Crippen molar-refractivity contribution in [3.8, 4) is 0 Å². The largest absolute Gasteiger partial charge is 0.480 e. The summed E-state index contributed by atoms with van der Waals surface area (Å²) in [6, 6.07) is 13.3. The van der Waals surface area contributed by atoms with E-state index in [1.165, 1.54) is 11.1 Å². The van der Waals surface area contributed by atoms with Gasteiger partial charge in [-0.1, -0.05) is 29.8 Å². The van der Waals surface area contributed by atoms with Crippen LogP contribution in [0, 0.1) is 13.8 Å². The zero-order valence-electron chi connectivity index (χ0n) is 12.1. The van der Waals surface area contributed by atoms with Crippen molar-refractivity contribution in [2.24, 2.45) is 0 Å². The second-order valence-corrected chi connectivity index (χ2v) is 5.53. The van der Waals surface area contributed by atoms with Crippen LogP contribution >= 0.6 is 11.6 Å². The van der Waals surface area contributed by atoms with Crippen molar-refractivity contribution in [2.45, 2.75) is 20.4 Å². The van der Waals surface area contributed by atoms with Gasteiger partial charge in [0.05, 0.1) is 0 Å². The Kier molecular flexibility index (Phi) is 4.86. The molecule has 0 bridgehead atoms. The number of benzene rings is 2. The minimum Gasteiger partial charge on any atom is -0.480 e. The van der Waals surface area contributed by atoms with Gasteiger partial charge >= 0.3 is 5.97 Å². The predicted molar refractivity (Wildman–Crippen MR) is 86.1 cm³/mol. The Bertz CT molecular complexity index is 617. The van der Waals surface area contributed by atoms with Gasteiger partial charge in [0.2, 0.25) is 0 Å². The first kappa shape index (κ1) is 15.4. The molecule has 0 atom stereocenters. The number of halogens is 1. The van der Waals surface area contributed by atoms with E-state index in [-0.39, 0.29) is 6.54 Å². The average molecular weight is 304 g/mol. The van der Waals surface area contributed by atoms with Gasteiger partial charge in [-0.05, 0) is 54.8 Å². The zero-order valence-corrected chi connectivity index (χ0v) is 12.9. The van der Waals surface area contributed by atoms with Crippen molar-refractivity contribution in [1.82, 2.24) is 0 Å². The maximum atomic E-state index is 11.1. The summed E-state index contributed by atoms with van der Waals surface area (Å²) in [5.74, 6) is -0.851. The van der Waals surface area contributed by atoms with E-state index in [1.54, 1.807) is 12.1 Å². The highest BCUT2D eigenvalue weighted by atomic mass is 35.5. The Morgan fingerprint density at radius 2 is 1.67 bits per heavy atom. The summed E-state index contributed by atoms with van der Waals surface area (Å²) >= 11 is 5.90. The number of aliphatic carboxylic acids is 1. The van der Waals surface area contributed by atoms with E-state index < -0.39 is 5.97 Å². The molecule has 0 aromatic heterocycles. The summed E-state index contributed by atoms with van der Waals surface area (Å²) in [7, 11) is 0. The average Bonchev–Trinajstić information content (AvgIpc) is 2.42. The first-order valence-electron chi connectivity index (χ1n) is 6.75. The lowest BCUT2D eigenvalue weighted by molar-refractivity contribution is -0.135. The van der Waals surface area contributed by atoms with E-state index in [9.17, 15) is 4.79 Å². The van der Waals surface area contributed by atoms with Gasteiger partial charge in [-0.3, -0.25) is 4.79 Å². The first-order valence-corrected chi connectivity index (χ1v) is 7.12. The van der Waals surface area contributed by atoms with Crippen LogP contribution in [0.5, 0.6) is 0 Å². The number of carboxylic acids is 1. The molecular formula is C17H18ClNO2. The number of hydrogen-bond acceptors (Lipinski definition) is 2. The third kappa shape index (κ3) is 3.99. The van der Waals surface area contributed by atoms with Gasteiger partial charge in [-0.15, -0.1) is 0 Å². The van der Waals surface area contributed by atoms with Gasteiger partial charge in [0.25, 0.3) is 0 Å². The number of aryl methyl sites for hydroxylation is 2. The van der Waals surface area contributed by atoms with Gasteiger partial charge in [-0.2, -0.15) is 0 Å². The molecule has 21 heavy (non-hydrogen) atoms. The topological polar surface area (TPSA) is 40.5 Å². The van der Waals surface area contributed by atoms with Crippen LogP contribution in [0.15, 0.2) is 42.5 Å². The SMILES string of the molecule is Cc1cccc(C)c1CN(CC(=O)O)c1ccc(Cl)cc1. The molecular weight excluding hydrogens is 286 g/mol. The molecule has 0 aliphatic carbocycles. The van der Waals surface area contributed by atoms with Gasteiger partial charge in [0.15, 0.2) is 0 Å². The fourth-order valence-electron chi connectivity index (χ4n) is 2.34. The zero-order chi connectivity index (χ0) is 15.4. The van der Waals surface area contributed by atoms with Crippen molar-refractivity contribution < 1.29 is 9.90 Å². The smallest absolute Gasteiger partial charge is 0.323 e. The van der Waals surface area contributed by atoms with Crippen molar-refractivity contribution in [3.05, 3.63) is 64.2 Å². The van der Waals surface area contributed by atoms with Gasteiger partial charge in [0, 0.05) is 17.3 Å². The lowest BCUT2D eigenvalue weighted by atomic mass is 10.0. The molecule has 0 heterocycles. The lowest BCUT2D eigenvalue weighted by Crippen LogP contribution is -2.29. The van der Waals surface area contributed by atoms with Gasteiger partial charge < -0.3 is 10.0 Å². The Labute approximate surface area is 129 Å². The van der Waals surface area contributed by atoms with Crippen LogP contribution in [0.3, 0.4) is 0 Å². The number of nitrogens with zero attached hydrogens (tertiary/aromatic N) is 1. The van der Waals surface area contributed by atoms with Crippen LogP contribution < -0.4 is 4.90 Å². The number of anilines is 1. The third-order valence-corrected chi connectivity index (χ3v) is 3.76. The van der Waals surface area contributed by atoms with E-state index in [1.807, 2.05) is 49.1 Å². The third-order valence-electron chi connectivity index (χ3n) is 3.51. The molecule has 0 aliphatic heterocycles. The molecule has 0 aliphatic rings. The Hall–Kier alpha value is -2.00. The summed E-state index contributed by atoms with van der Waals surface area (Å²) in [6.07, 6.45) is 0. The maximum absolute atomic E-state index is 11.1. The van der Waals surface area contributed by atoms with Crippen molar-refractivity contribution in [1.29, 1.82) is 0 Å². The molecule has 0 amide bonds. The number of hydrogen-bond donors (Lipinski definition) is 1. The van der Waals surface area contributed by atoms with Crippen molar-refractivity contribution in [3.63, 3.8) is 0 Å². The summed E-state index contributed by atoms with van der Waals surface area (Å²) in [5.41, 5.74) is 4.34. The van der Waals surface area contributed by atoms with Crippen LogP contribution in [0.1, 0.15) is 16.7 Å². The van der Waals surface area contributed by atoms with E-state index >= 15 is 0 Å². The molecule has 2 aromatic carbocycles. The Balaban J connectivity index is 2.32. The molecule has 0 spiro atoms. The summed E-state index contributed by atoms with van der Waals surface area (Å²) in [5, 5.41) is 9.79. The number of carbonyl (C=O) groups is 1. The normalized spacial score (nSPS) is 10.4. The van der Waals surface area contributed by atoms with E-state index in [0.717, 1.165) is 11.3 Å².